The van der Waals surface area contributed by atoms with Gasteiger partial charge >= 0.3 is 0 Å². The Hall–Kier alpha value is -3.40. The van der Waals surface area contributed by atoms with E-state index in [0.717, 1.165) is 27.8 Å². The van der Waals surface area contributed by atoms with Crippen LogP contribution in [0.5, 0.6) is 0 Å². The van der Waals surface area contributed by atoms with Gasteiger partial charge in [-0.05, 0) is 43.0 Å². The predicted octanol–water partition coefficient (Wildman–Crippen LogP) is 4.62. The van der Waals surface area contributed by atoms with Crippen molar-refractivity contribution in [1.82, 2.24) is 10.2 Å². The number of aryl methyl sites for hydroxylation is 2. The third-order valence-corrected chi connectivity index (χ3v) is 5.66. The summed E-state index contributed by atoms with van der Waals surface area (Å²) in [7, 11) is 0. The van der Waals surface area contributed by atoms with E-state index < -0.39 is 6.04 Å². The number of likely N-dealkylation sites (N-methyl/N-ethyl adjacent to an activating group) is 1. The van der Waals surface area contributed by atoms with Crippen LogP contribution < -0.4 is 5.32 Å². The van der Waals surface area contributed by atoms with E-state index in [4.69, 9.17) is 0 Å². The first-order chi connectivity index (χ1) is 15.5. The highest BCUT2D eigenvalue weighted by atomic mass is 16.2. The van der Waals surface area contributed by atoms with Gasteiger partial charge in [0, 0.05) is 19.5 Å². The SMILES string of the molecule is CCNC(=O)[C@H](Cc1ccccc1)N(Cc1ccccc1C)C(=O)Cc1cccc(C)c1. The maximum atomic E-state index is 13.6. The molecule has 2 amide bonds. The second-order valence-corrected chi connectivity index (χ2v) is 8.21. The van der Waals surface area contributed by atoms with Crippen molar-refractivity contribution in [2.24, 2.45) is 0 Å². The second kappa shape index (κ2) is 11.3. The van der Waals surface area contributed by atoms with E-state index in [1.165, 1.54) is 0 Å². The summed E-state index contributed by atoms with van der Waals surface area (Å²) < 4.78 is 0. The summed E-state index contributed by atoms with van der Waals surface area (Å²) in [6.07, 6.45) is 0.733. The van der Waals surface area contributed by atoms with Crippen LogP contribution in [0.4, 0.5) is 0 Å². The summed E-state index contributed by atoms with van der Waals surface area (Å²) in [6, 6.07) is 25.3. The Bertz CT molecular complexity index is 1050. The molecule has 4 nitrogen and oxygen atoms in total. The Labute approximate surface area is 191 Å². The lowest BCUT2D eigenvalue weighted by molar-refractivity contribution is -0.140. The van der Waals surface area contributed by atoms with Crippen molar-refractivity contribution >= 4 is 11.8 Å². The lowest BCUT2D eigenvalue weighted by Crippen LogP contribution is -2.51. The number of rotatable bonds is 9. The standard InChI is InChI=1S/C28H32N2O2/c1-4-29-28(32)26(18-23-13-6-5-7-14-23)30(20-25-16-9-8-12-22(25)3)27(31)19-24-15-10-11-21(2)17-24/h5-17,26H,4,18-20H2,1-3H3,(H,29,32)/t26-/m0/s1. The normalized spacial score (nSPS) is 11.6. The highest BCUT2D eigenvalue weighted by Gasteiger charge is 2.30. The Morgan fingerprint density at radius 2 is 1.56 bits per heavy atom. The van der Waals surface area contributed by atoms with Crippen molar-refractivity contribution in [1.29, 1.82) is 0 Å². The summed E-state index contributed by atoms with van der Waals surface area (Å²) in [5, 5.41) is 2.94. The van der Waals surface area contributed by atoms with Crippen LogP contribution in [0.15, 0.2) is 78.9 Å². The van der Waals surface area contributed by atoms with Crippen molar-refractivity contribution in [3.63, 3.8) is 0 Å². The van der Waals surface area contributed by atoms with E-state index in [-0.39, 0.29) is 18.2 Å². The molecule has 3 aromatic carbocycles. The minimum absolute atomic E-state index is 0.0500. The lowest BCUT2D eigenvalue weighted by Gasteiger charge is -2.32. The molecule has 0 bridgehead atoms. The zero-order valence-electron chi connectivity index (χ0n) is 19.2. The smallest absolute Gasteiger partial charge is 0.243 e. The van der Waals surface area contributed by atoms with Crippen LogP contribution in [0, 0.1) is 13.8 Å². The summed E-state index contributed by atoms with van der Waals surface area (Å²) in [6.45, 7) is 6.88. The summed E-state index contributed by atoms with van der Waals surface area (Å²) in [5.74, 6) is -0.173. The molecule has 0 aliphatic rings. The maximum absolute atomic E-state index is 13.6. The fourth-order valence-electron chi connectivity index (χ4n) is 3.92. The van der Waals surface area contributed by atoms with Crippen molar-refractivity contribution < 1.29 is 9.59 Å². The number of carbonyl (C=O) groups is 2. The molecule has 166 valence electrons. The molecule has 0 spiro atoms. The molecule has 0 heterocycles. The third-order valence-electron chi connectivity index (χ3n) is 5.66. The highest BCUT2D eigenvalue weighted by Crippen LogP contribution is 2.18. The third kappa shape index (κ3) is 6.30. The first-order valence-corrected chi connectivity index (χ1v) is 11.2. The van der Waals surface area contributed by atoms with E-state index in [2.05, 4.69) is 5.32 Å². The van der Waals surface area contributed by atoms with Crippen molar-refractivity contribution in [3.8, 4) is 0 Å². The minimum atomic E-state index is -0.589. The number of hydrogen-bond donors (Lipinski definition) is 1. The lowest BCUT2D eigenvalue weighted by atomic mass is 10.00. The Morgan fingerprint density at radius 1 is 0.875 bits per heavy atom. The largest absolute Gasteiger partial charge is 0.355 e. The van der Waals surface area contributed by atoms with Gasteiger partial charge in [0.1, 0.15) is 6.04 Å². The van der Waals surface area contributed by atoms with Gasteiger partial charge in [-0.3, -0.25) is 9.59 Å². The van der Waals surface area contributed by atoms with Gasteiger partial charge in [-0.25, -0.2) is 0 Å². The van der Waals surface area contributed by atoms with Gasteiger partial charge in [0.05, 0.1) is 6.42 Å². The molecule has 0 aromatic heterocycles. The van der Waals surface area contributed by atoms with Crippen molar-refractivity contribution in [2.75, 3.05) is 6.54 Å². The molecular formula is C28H32N2O2. The summed E-state index contributed by atoms with van der Waals surface area (Å²) in [4.78, 5) is 28.5. The van der Waals surface area contributed by atoms with E-state index in [0.29, 0.717) is 19.5 Å². The molecule has 0 saturated heterocycles. The van der Waals surface area contributed by atoms with Gasteiger partial charge in [-0.2, -0.15) is 0 Å². The van der Waals surface area contributed by atoms with Gasteiger partial charge in [-0.1, -0.05) is 84.4 Å². The molecule has 0 aliphatic carbocycles. The van der Waals surface area contributed by atoms with Crippen LogP contribution in [0.25, 0.3) is 0 Å². The van der Waals surface area contributed by atoms with Crippen LogP contribution in [-0.4, -0.2) is 29.3 Å². The van der Waals surface area contributed by atoms with Crippen LogP contribution in [0.2, 0.25) is 0 Å². The molecule has 3 aromatic rings. The van der Waals surface area contributed by atoms with Crippen LogP contribution >= 0.6 is 0 Å². The quantitative estimate of drug-likeness (QED) is 0.541. The number of carbonyl (C=O) groups excluding carboxylic acids is 2. The first-order valence-electron chi connectivity index (χ1n) is 11.2. The molecule has 1 atom stereocenters. The molecule has 1 N–H and O–H groups in total. The minimum Gasteiger partial charge on any atom is -0.355 e. The van der Waals surface area contributed by atoms with Gasteiger partial charge in [0.15, 0.2) is 0 Å². The first kappa shape index (κ1) is 23.3. The van der Waals surface area contributed by atoms with Crippen LogP contribution in [-0.2, 0) is 29.0 Å². The Kier molecular flexibility index (Phi) is 8.20. The summed E-state index contributed by atoms with van der Waals surface area (Å²) in [5.41, 5.74) is 5.26. The number of hydrogen-bond acceptors (Lipinski definition) is 2. The molecule has 0 saturated carbocycles. The number of nitrogens with one attached hydrogen (secondary N) is 1. The van der Waals surface area contributed by atoms with Gasteiger partial charge in [-0.15, -0.1) is 0 Å². The molecule has 0 radical (unpaired) electrons. The second-order valence-electron chi connectivity index (χ2n) is 8.21. The molecule has 0 fully saturated rings. The van der Waals surface area contributed by atoms with Gasteiger partial charge < -0.3 is 10.2 Å². The van der Waals surface area contributed by atoms with E-state index in [1.54, 1.807) is 4.90 Å². The van der Waals surface area contributed by atoms with Gasteiger partial charge in [0.25, 0.3) is 0 Å². The summed E-state index contributed by atoms with van der Waals surface area (Å²) >= 11 is 0. The zero-order valence-corrected chi connectivity index (χ0v) is 19.2. The highest BCUT2D eigenvalue weighted by molar-refractivity contribution is 5.88. The van der Waals surface area contributed by atoms with Crippen LogP contribution in [0.1, 0.15) is 34.7 Å². The molecule has 3 rings (SSSR count). The number of amides is 2. The molecule has 4 heteroatoms. The Morgan fingerprint density at radius 3 is 2.25 bits per heavy atom. The zero-order chi connectivity index (χ0) is 22.9. The Balaban J connectivity index is 1.97. The molecule has 0 unspecified atom stereocenters. The van der Waals surface area contributed by atoms with Crippen LogP contribution in [0.3, 0.4) is 0 Å². The predicted molar refractivity (Wildman–Crippen MR) is 129 cm³/mol. The topological polar surface area (TPSA) is 49.4 Å². The average molecular weight is 429 g/mol. The number of nitrogens with zero attached hydrogens (tertiary/aromatic N) is 1. The monoisotopic (exact) mass is 428 g/mol. The fourth-order valence-corrected chi connectivity index (χ4v) is 3.92. The molecule has 0 aliphatic heterocycles. The number of benzene rings is 3. The van der Waals surface area contributed by atoms with E-state index >= 15 is 0 Å². The molecular weight excluding hydrogens is 396 g/mol. The van der Waals surface area contributed by atoms with Crippen molar-refractivity contribution in [3.05, 3.63) is 107 Å². The average Bonchev–Trinajstić information content (AvgIpc) is 2.78. The fraction of sp³-hybridized carbons (Fsp3) is 0.286. The van der Waals surface area contributed by atoms with E-state index in [9.17, 15) is 9.59 Å². The molecule has 32 heavy (non-hydrogen) atoms. The van der Waals surface area contributed by atoms with E-state index in [1.807, 2.05) is 99.6 Å². The van der Waals surface area contributed by atoms with Gasteiger partial charge in [0.2, 0.25) is 11.8 Å². The maximum Gasteiger partial charge on any atom is 0.243 e. The van der Waals surface area contributed by atoms with Crippen molar-refractivity contribution in [2.45, 2.75) is 46.2 Å².